The van der Waals surface area contributed by atoms with Crippen LogP contribution in [0.25, 0.3) is 0 Å². The molecule has 0 aromatic rings. The molecule has 0 aliphatic heterocycles. The smallest absolute Gasteiger partial charge is 0.407 e. The molecule has 25 heavy (non-hydrogen) atoms. The van der Waals surface area contributed by atoms with Gasteiger partial charge in [0.15, 0.2) is 6.10 Å². The number of hydrogen-bond donors (Lipinski definition) is 2. The zero-order valence-electron chi connectivity index (χ0n) is 14.8. The van der Waals surface area contributed by atoms with E-state index in [9.17, 15) is 13.8 Å². The van der Waals surface area contributed by atoms with Gasteiger partial charge in [-0.3, -0.25) is 8.74 Å². The summed E-state index contributed by atoms with van der Waals surface area (Å²) in [5.74, 6) is -0.212. The quantitative estimate of drug-likeness (QED) is 0.213. The van der Waals surface area contributed by atoms with Crippen molar-refractivity contribution in [2.45, 2.75) is 33.3 Å². The van der Waals surface area contributed by atoms with Gasteiger partial charge in [0.25, 0.3) is 0 Å². The van der Waals surface area contributed by atoms with Gasteiger partial charge in [-0.15, -0.1) is 0 Å². The van der Waals surface area contributed by atoms with Gasteiger partial charge in [-0.2, -0.15) is 4.21 Å². The lowest BCUT2D eigenvalue weighted by molar-refractivity contribution is -0.138. The molecule has 0 rings (SSSR count). The highest BCUT2D eigenvalue weighted by atomic mass is 32.2. The molecule has 9 nitrogen and oxygen atoms in total. The number of esters is 1. The van der Waals surface area contributed by atoms with Gasteiger partial charge in [0.05, 0.1) is 13.2 Å². The number of hydrogen-bond acceptors (Lipinski definition) is 7. The summed E-state index contributed by atoms with van der Waals surface area (Å²) in [7, 11) is 0. The Morgan fingerprint density at radius 3 is 2.52 bits per heavy atom. The molecule has 10 heteroatoms. The number of carbonyl (C=O) groups excluding carboxylic acids is 2. The average Bonchev–Trinajstić information content (AvgIpc) is 2.55. The standard InChI is InChI=1S/C15H27NO8S/c1-5-12(4)8-21-9-13(10-23-25(19)20)24-15(18)16-6-7-22-14(17)11(2)3/h12-13H,2,5-10H2,1,3-4H3,(H,16,18)(H,19,20). The first-order valence-electron chi connectivity index (χ1n) is 7.85. The van der Waals surface area contributed by atoms with Crippen LogP contribution < -0.4 is 5.32 Å². The van der Waals surface area contributed by atoms with Crippen molar-refractivity contribution >= 4 is 23.4 Å². The topological polar surface area (TPSA) is 120 Å². The van der Waals surface area contributed by atoms with E-state index in [-0.39, 0.29) is 31.9 Å². The second-order valence-electron chi connectivity index (χ2n) is 5.42. The Morgan fingerprint density at radius 1 is 1.28 bits per heavy atom. The molecule has 0 aromatic heterocycles. The predicted octanol–water partition coefficient (Wildman–Crippen LogP) is 1.42. The maximum atomic E-state index is 11.7. The van der Waals surface area contributed by atoms with Crippen molar-refractivity contribution in [3.63, 3.8) is 0 Å². The van der Waals surface area contributed by atoms with Crippen LogP contribution in [-0.2, 0) is 34.5 Å². The minimum atomic E-state index is -2.47. The van der Waals surface area contributed by atoms with Crippen molar-refractivity contribution in [2.24, 2.45) is 5.92 Å². The van der Waals surface area contributed by atoms with Crippen LogP contribution in [-0.4, -0.2) is 59.9 Å². The van der Waals surface area contributed by atoms with Crippen molar-refractivity contribution in [3.8, 4) is 0 Å². The SMILES string of the molecule is C=C(C)C(=O)OCCNC(=O)OC(COCC(C)CC)COS(=O)O. The van der Waals surface area contributed by atoms with Crippen molar-refractivity contribution in [2.75, 3.05) is 33.0 Å². The Morgan fingerprint density at radius 2 is 1.96 bits per heavy atom. The number of amides is 1. The molecule has 0 saturated heterocycles. The lowest BCUT2D eigenvalue weighted by Crippen LogP contribution is -2.36. The highest BCUT2D eigenvalue weighted by molar-refractivity contribution is 7.74. The molecule has 0 radical (unpaired) electrons. The normalized spacial score (nSPS) is 14.2. The summed E-state index contributed by atoms with van der Waals surface area (Å²) in [6.45, 7) is 9.19. The van der Waals surface area contributed by atoms with E-state index < -0.39 is 29.5 Å². The second kappa shape index (κ2) is 13.8. The molecule has 146 valence electrons. The molecular weight excluding hydrogens is 354 g/mol. The summed E-state index contributed by atoms with van der Waals surface area (Å²) in [5.41, 5.74) is 0.259. The number of ether oxygens (including phenoxy) is 3. The monoisotopic (exact) mass is 381 g/mol. The van der Waals surface area contributed by atoms with Gasteiger partial charge < -0.3 is 19.5 Å². The maximum Gasteiger partial charge on any atom is 0.407 e. The number of nitrogens with one attached hydrogen (secondary N) is 1. The molecule has 0 aliphatic carbocycles. The highest BCUT2D eigenvalue weighted by Crippen LogP contribution is 2.03. The molecular formula is C15H27NO8S. The van der Waals surface area contributed by atoms with E-state index in [0.29, 0.717) is 12.5 Å². The number of rotatable bonds is 13. The van der Waals surface area contributed by atoms with Crippen LogP contribution in [0.3, 0.4) is 0 Å². The molecule has 2 N–H and O–H groups in total. The zero-order chi connectivity index (χ0) is 19.2. The van der Waals surface area contributed by atoms with Crippen LogP contribution in [0.4, 0.5) is 4.79 Å². The van der Waals surface area contributed by atoms with Gasteiger partial charge >= 0.3 is 23.4 Å². The summed E-state index contributed by atoms with van der Waals surface area (Å²) >= 11 is -2.47. The van der Waals surface area contributed by atoms with Crippen molar-refractivity contribution in [3.05, 3.63) is 12.2 Å². The van der Waals surface area contributed by atoms with E-state index in [1.54, 1.807) is 0 Å². The minimum Gasteiger partial charge on any atom is -0.460 e. The van der Waals surface area contributed by atoms with Crippen molar-refractivity contribution in [1.29, 1.82) is 0 Å². The first kappa shape index (κ1) is 23.5. The second-order valence-corrected chi connectivity index (χ2v) is 6.09. The summed E-state index contributed by atoms with van der Waals surface area (Å²) < 4.78 is 39.1. The van der Waals surface area contributed by atoms with Crippen LogP contribution in [0, 0.1) is 5.92 Å². The Hall–Kier alpha value is -1.49. The van der Waals surface area contributed by atoms with Crippen LogP contribution in [0.2, 0.25) is 0 Å². The van der Waals surface area contributed by atoms with E-state index in [1.165, 1.54) is 6.92 Å². The van der Waals surface area contributed by atoms with E-state index in [1.807, 2.05) is 13.8 Å². The summed E-state index contributed by atoms with van der Waals surface area (Å²) in [6.07, 6.45) is -0.694. The molecule has 0 saturated carbocycles. The van der Waals surface area contributed by atoms with Gasteiger partial charge in [-0.25, -0.2) is 9.59 Å². The van der Waals surface area contributed by atoms with Gasteiger partial charge in [-0.05, 0) is 12.8 Å². The third-order valence-electron chi connectivity index (χ3n) is 2.98. The van der Waals surface area contributed by atoms with Crippen LogP contribution in [0.1, 0.15) is 27.2 Å². The lowest BCUT2D eigenvalue weighted by Gasteiger charge is -2.18. The van der Waals surface area contributed by atoms with Gasteiger partial charge in [0.1, 0.15) is 13.2 Å². The van der Waals surface area contributed by atoms with Crippen LogP contribution >= 0.6 is 0 Å². The van der Waals surface area contributed by atoms with Crippen molar-refractivity contribution < 1.29 is 36.7 Å². The molecule has 0 fully saturated rings. The molecule has 1 amide bonds. The number of alkyl carbamates (subject to hydrolysis) is 1. The van der Waals surface area contributed by atoms with Crippen molar-refractivity contribution in [1.82, 2.24) is 5.32 Å². The molecule has 0 spiro atoms. The van der Waals surface area contributed by atoms with Gasteiger partial charge in [0, 0.05) is 12.2 Å². The largest absolute Gasteiger partial charge is 0.460 e. The lowest BCUT2D eigenvalue weighted by atomic mass is 10.1. The van der Waals surface area contributed by atoms with E-state index in [4.69, 9.17) is 18.8 Å². The number of carbonyl (C=O) groups is 2. The summed E-state index contributed by atoms with van der Waals surface area (Å²) in [4.78, 5) is 22.9. The fraction of sp³-hybridized carbons (Fsp3) is 0.733. The third kappa shape index (κ3) is 13.5. The first-order chi connectivity index (χ1) is 11.8. The summed E-state index contributed by atoms with van der Waals surface area (Å²) in [5, 5.41) is 2.39. The minimum absolute atomic E-state index is 0.0274. The van der Waals surface area contributed by atoms with Crippen LogP contribution in [0.5, 0.6) is 0 Å². The Labute approximate surface area is 150 Å². The first-order valence-corrected chi connectivity index (χ1v) is 8.88. The Bertz CT molecular complexity index is 457. The molecule has 3 atom stereocenters. The zero-order valence-corrected chi connectivity index (χ0v) is 15.6. The Kier molecular flexibility index (Phi) is 12.9. The molecule has 3 unspecified atom stereocenters. The predicted molar refractivity (Wildman–Crippen MR) is 91.0 cm³/mol. The third-order valence-corrected chi connectivity index (χ3v) is 3.32. The molecule has 0 aromatic carbocycles. The maximum absolute atomic E-state index is 11.7. The van der Waals surface area contributed by atoms with E-state index in [2.05, 4.69) is 16.1 Å². The molecule has 0 heterocycles. The fourth-order valence-electron chi connectivity index (χ4n) is 1.38. The van der Waals surface area contributed by atoms with Crippen LogP contribution in [0.15, 0.2) is 12.2 Å². The molecule has 0 aliphatic rings. The average molecular weight is 381 g/mol. The van der Waals surface area contributed by atoms with Gasteiger partial charge in [0.2, 0.25) is 0 Å². The van der Waals surface area contributed by atoms with E-state index >= 15 is 0 Å². The summed E-state index contributed by atoms with van der Waals surface area (Å²) in [6, 6.07) is 0. The highest BCUT2D eigenvalue weighted by Gasteiger charge is 2.17. The van der Waals surface area contributed by atoms with E-state index in [0.717, 1.165) is 6.42 Å². The Balaban J connectivity index is 4.18. The van der Waals surface area contributed by atoms with Gasteiger partial charge in [-0.1, -0.05) is 26.8 Å². The molecule has 0 bridgehead atoms. The fourth-order valence-corrected chi connectivity index (χ4v) is 1.65.